The summed E-state index contributed by atoms with van der Waals surface area (Å²) in [6.07, 6.45) is 0.460. The van der Waals surface area contributed by atoms with Crippen molar-refractivity contribution in [3.05, 3.63) is 34.6 Å². The zero-order valence-electron chi connectivity index (χ0n) is 10.3. The van der Waals surface area contributed by atoms with Gasteiger partial charge < -0.3 is 5.11 Å². The molecule has 0 saturated heterocycles. The molecule has 2 aromatic rings. The third-order valence-electron chi connectivity index (χ3n) is 2.78. The van der Waals surface area contributed by atoms with E-state index in [1.54, 1.807) is 12.1 Å². The number of rotatable bonds is 4. The first kappa shape index (κ1) is 12.8. The third-order valence-corrected chi connectivity index (χ3v) is 3.95. The van der Waals surface area contributed by atoms with E-state index in [0.29, 0.717) is 11.8 Å². The van der Waals surface area contributed by atoms with E-state index in [2.05, 4.69) is 0 Å². The summed E-state index contributed by atoms with van der Waals surface area (Å²) in [7, 11) is 0. The predicted molar refractivity (Wildman–Crippen MR) is 72.2 cm³/mol. The minimum atomic E-state index is -0.947. The molecule has 0 aliphatic heterocycles. The molecule has 1 heterocycles. The minimum absolute atomic E-state index is 0.205. The van der Waals surface area contributed by atoms with Gasteiger partial charge in [-0.2, -0.15) is 0 Å². The highest BCUT2D eigenvalue weighted by Crippen LogP contribution is 2.23. The Morgan fingerprint density at radius 2 is 2.06 bits per heavy atom. The van der Waals surface area contributed by atoms with Crippen LogP contribution in [0.2, 0.25) is 0 Å². The third kappa shape index (κ3) is 2.31. The fraction of sp³-hybridized carbons (Fsp3) is 0.385. The highest BCUT2D eigenvalue weighted by Gasteiger charge is 2.24. The van der Waals surface area contributed by atoms with E-state index in [4.69, 9.17) is 0 Å². The Kier molecular flexibility index (Phi) is 3.52. The van der Waals surface area contributed by atoms with Crippen LogP contribution >= 0.6 is 11.5 Å². The Hall–Kier alpha value is -1.62. The monoisotopic (exact) mass is 265 g/mol. The molecule has 0 fully saturated rings. The standard InChI is InChI=1S/C13H15NO3S/c1-8(2)7-10(13(16)17)14-12(15)9-5-3-4-6-11(9)18-14/h3-6,8,10H,7H2,1-2H3,(H,16,17). The minimum Gasteiger partial charge on any atom is -0.480 e. The van der Waals surface area contributed by atoms with Crippen LogP contribution in [0.5, 0.6) is 0 Å². The summed E-state index contributed by atoms with van der Waals surface area (Å²) in [5.41, 5.74) is -0.205. The number of aromatic nitrogens is 1. The van der Waals surface area contributed by atoms with E-state index in [-0.39, 0.29) is 11.5 Å². The number of hydrogen-bond acceptors (Lipinski definition) is 3. The molecule has 0 aliphatic carbocycles. The molecular weight excluding hydrogens is 250 g/mol. The van der Waals surface area contributed by atoms with E-state index >= 15 is 0 Å². The SMILES string of the molecule is CC(C)CC(C(=O)O)n1sc2ccccc2c1=O. The largest absolute Gasteiger partial charge is 0.480 e. The van der Waals surface area contributed by atoms with Crippen molar-refractivity contribution in [3.8, 4) is 0 Å². The molecule has 1 unspecified atom stereocenters. The van der Waals surface area contributed by atoms with Crippen molar-refractivity contribution in [2.24, 2.45) is 5.92 Å². The van der Waals surface area contributed by atoms with Gasteiger partial charge in [0.25, 0.3) is 5.56 Å². The highest BCUT2D eigenvalue weighted by atomic mass is 32.1. The number of aliphatic carboxylic acids is 1. The van der Waals surface area contributed by atoms with E-state index in [9.17, 15) is 14.7 Å². The van der Waals surface area contributed by atoms with Crippen LogP contribution in [0.25, 0.3) is 10.1 Å². The Morgan fingerprint density at radius 3 is 2.61 bits per heavy atom. The first-order valence-corrected chi connectivity index (χ1v) is 6.61. The fourth-order valence-electron chi connectivity index (χ4n) is 1.94. The lowest BCUT2D eigenvalue weighted by Gasteiger charge is -2.14. The Morgan fingerprint density at radius 1 is 1.39 bits per heavy atom. The lowest BCUT2D eigenvalue weighted by molar-refractivity contribution is -0.141. The van der Waals surface area contributed by atoms with E-state index in [0.717, 1.165) is 4.70 Å². The molecule has 0 spiro atoms. The lowest BCUT2D eigenvalue weighted by atomic mass is 10.0. The molecule has 1 aromatic carbocycles. The van der Waals surface area contributed by atoms with Crippen LogP contribution in [0.1, 0.15) is 26.3 Å². The molecular formula is C13H15NO3S. The summed E-state index contributed by atoms with van der Waals surface area (Å²) in [5, 5.41) is 9.87. The fourth-order valence-corrected chi connectivity index (χ4v) is 3.03. The molecule has 2 rings (SSSR count). The van der Waals surface area contributed by atoms with Crippen LogP contribution in [0.4, 0.5) is 0 Å². The average molecular weight is 265 g/mol. The van der Waals surface area contributed by atoms with Gasteiger partial charge in [-0.1, -0.05) is 37.5 Å². The van der Waals surface area contributed by atoms with Gasteiger partial charge in [-0.3, -0.25) is 4.79 Å². The number of carboxylic acids is 1. The summed E-state index contributed by atoms with van der Waals surface area (Å²) in [4.78, 5) is 23.5. The molecule has 1 atom stereocenters. The molecule has 0 bridgehead atoms. The summed E-state index contributed by atoms with van der Waals surface area (Å²) >= 11 is 1.23. The molecule has 1 N–H and O–H groups in total. The maximum absolute atomic E-state index is 12.2. The van der Waals surface area contributed by atoms with Crippen LogP contribution in [0.15, 0.2) is 29.1 Å². The number of nitrogens with zero attached hydrogens (tertiary/aromatic N) is 1. The van der Waals surface area contributed by atoms with Crippen LogP contribution in [-0.2, 0) is 4.79 Å². The molecule has 0 amide bonds. The molecule has 4 nitrogen and oxygen atoms in total. The molecule has 5 heteroatoms. The summed E-state index contributed by atoms with van der Waals surface area (Å²) in [5.74, 6) is -0.722. The van der Waals surface area contributed by atoms with Crippen LogP contribution in [0.3, 0.4) is 0 Å². The quantitative estimate of drug-likeness (QED) is 0.924. The second-order valence-electron chi connectivity index (χ2n) is 4.70. The van der Waals surface area contributed by atoms with E-state index in [1.807, 2.05) is 26.0 Å². The summed E-state index contributed by atoms with van der Waals surface area (Å²) in [6, 6.07) is 6.44. The number of carboxylic acid groups (broad SMARTS) is 1. The first-order valence-electron chi connectivity index (χ1n) is 5.84. The molecule has 0 aliphatic rings. The van der Waals surface area contributed by atoms with Gasteiger partial charge >= 0.3 is 5.97 Å². The number of hydrogen-bond donors (Lipinski definition) is 1. The highest BCUT2D eigenvalue weighted by molar-refractivity contribution is 7.13. The van der Waals surface area contributed by atoms with Crippen LogP contribution in [-0.4, -0.2) is 15.0 Å². The zero-order valence-corrected chi connectivity index (χ0v) is 11.1. The Balaban J connectivity index is 2.54. The van der Waals surface area contributed by atoms with Gasteiger partial charge in [0.05, 0.1) is 10.1 Å². The summed E-state index contributed by atoms with van der Waals surface area (Å²) in [6.45, 7) is 3.91. The number of fused-ring (bicyclic) bond motifs is 1. The number of carbonyl (C=O) groups is 1. The van der Waals surface area contributed by atoms with Gasteiger partial charge in [0, 0.05) is 0 Å². The Labute approximate surface area is 109 Å². The maximum Gasteiger partial charge on any atom is 0.327 e. The van der Waals surface area contributed by atoms with Crippen molar-refractivity contribution in [1.82, 2.24) is 3.96 Å². The van der Waals surface area contributed by atoms with Crippen LogP contribution < -0.4 is 5.56 Å². The van der Waals surface area contributed by atoms with Gasteiger partial charge in [-0.05, 0) is 24.5 Å². The van der Waals surface area contributed by atoms with Gasteiger partial charge in [-0.15, -0.1) is 0 Å². The number of benzene rings is 1. The average Bonchev–Trinajstić information content (AvgIpc) is 2.64. The van der Waals surface area contributed by atoms with Crippen molar-refractivity contribution >= 4 is 27.6 Å². The Bertz CT molecular complexity index is 626. The first-order chi connectivity index (χ1) is 8.50. The van der Waals surface area contributed by atoms with Crippen molar-refractivity contribution in [3.63, 3.8) is 0 Å². The molecule has 1 aromatic heterocycles. The molecule has 96 valence electrons. The van der Waals surface area contributed by atoms with Gasteiger partial charge in [0.2, 0.25) is 0 Å². The van der Waals surface area contributed by atoms with Gasteiger partial charge in [-0.25, -0.2) is 8.75 Å². The second kappa shape index (κ2) is 4.94. The topological polar surface area (TPSA) is 59.3 Å². The van der Waals surface area contributed by atoms with E-state index < -0.39 is 12.0 Å². The molecule has 18 heavy (non-hydrogen) atoms. The van der Waals surface area contributed by atoms with Crippen molar-refractivity contribution in [2.75, 3.05) is 0 Å². The van der Waals surface area contributed by atoms with Crippen molar-refractivity contribution in [1.29, 1.82) is 0 Å². The zero-order chi connectivity index (χ0) is 13.3. The van der Waals surface area contributed by atoms with E-state index in [1.165, 1.54) is 15.5 Å². The second-order valence-corrected chi connectivity index (χ2v) is 5.72. The predicted octanol–water partition coefficient (Wildman–Crippen LogP) is 2.73. The smallest absolute Gasteiger partial charge is 0.327 e. The van der Waals surface area contributed by atoms with Gasteiger partial charge in [0.15, 0.2) is 0 Å². The van der Waals surface area contributed by atoms with Crippen LogP contribution in [0, 0.1) is 5.92 Å². The normalized spacial score (nSPS) is 13.1. The van der Waals surface area contributed by atoms with Gasteiger partial charge in [0.1, 0.15) is 6.04 Å². The maximum atomic E-state index is 12.2. The van der Waals surface area contributed by atoms with Crippen molar-refractivity contribution < 1.29 is 9.90 Å². The molecule has 0 radical (unpaired) electrons. The van der Waals surface area contributed by atoms with Crippen molar-refractivity contribution in [2.45, 2.75) is 26.3 Å². The summed E-state index contributed by atoms with van der Waals surface area (Å²) < 4.78 is 2.21. The molecule has 0 saturated carbocycles. The lowest BCUT2D eigenvalue weighted by Crippen LogP contribution is -2.26.